The SMILES string of the molecule is Cc1nc(N)cc(C2CN(C(=O)c3cncs3)CCO2)n1. The second kappa shape index (κ2) is 5.74. The average Bonchev–Trinajstić information content (AvgIpc) is 3.00. The molecule has 0 radical (unpaired) electrons. The first-order chi connectivity index (χ1) is 10.1. The maximum atomic E-state index is 12.4. The van der Waals surface area contributed by atoms with Gasteiger partial charge in [-0.2, -0.15) is 0 Å². The Morgan fingerprint density at radius 1 is 1.52 bits per heavy atom. The highest BCUT2D eigenvalue weighted by Gasteiger charge is 2.28. The summed E-state index contributed by atoms with van der Waals surface area (Å²) >= 11 is 1.34. The molecule has 0 saturated carbocycles. The number of hydrogen-bond acceptors (Lipinski definition) is 7. The fourth-order valence-corrected chi connectivity index (χ4v) is 2.86. The van der Waals surface area contributed by atoms with Gasteiger partial charge in [0, 0.05) is 12.6 Å². The van der Waals surface area contributed by atoms with E-state index in [0.29, 0.717) is 41.9 Å². The first-order valence-electron chi connectivity index (χ1n) is 6.54. The van der Waals surface area contributed by atoms with Crippen LogP contribution in [0.25, 0.3) is 0 Å². The number of rotatable bonds is 2. The van der Waals surface area contributed by atoms with Crippen molar-refractivity contribution < 1.29 is 9.53 Å². The van der Waals surface area contributed by atoms with Gasteiger partial charge in [-0.15, -0.1) is 11.3 Å². The van der Waals surface area contributed by atoms with Crippen LogP contribution in [0.4, 0.5) is 5.82 Å². The number of ether oxygens (including phenoxy) is 1. The molecule has 1 atom stereocenters. The number of nitrogens with two attached hydrogens (primary N) is 1. The van der Waals surface area contributed by atoms with Crippen LogP contribution in [0.3, 0.4) is 0 Å². The number of aryl methyl sites for hydroxylation is 1. The molecule has 0 spiro atoms. The van der Waals surface area contributed by atoms with Gasteiger partial charge >= 0.3 is 0 Å². The summed E-state index contributed by atoms with van der Waals surface area (Å²) in [6.07, 6.45) is 1.31. The Kier molecular flexibility index (Phi) is 3.80. The normalized spacial score (nSPS) is 18.7. The van der Waals surface area contributed by atoms with E-state index in [0.717, 1.165) is 0 Å². The van der Waals surface area contributed by atoms with Gasteiger partial charge in [0.1, 0.15) is 22.6 Å². The largest absolute Gasteiger partial charge is 0.384 e. The third-order valence-electron chi connectivity index (χ3n) is 3.20. The zero-order valence-electron chi connectivity index (χ0n) is 11.5. The Hall–Kier alpha value is -2.06. The average molecular weight is 305 g/mol. The van der Waals surface area contributed by atoms with E-state index in [-0.39, 0.29) is 12.0 Å². The summed E-state index contributed by atoms with van der Waals surface area (Å²) in [5.74, 6) is 0.982. The summed E-state index contributed by atoms with van der Waals surface area (Å²) in [5, 5.41) is 0. The predicted octanol–water partition coefficient (Wildman–Crippen LogP) is 1.04. The van der Waals surface area contributed by atoms with E-state index in [4.69, 9.17) is 10.5 Å². The van der Waals surface area contributed by atoms with E-state index in [2.05, 4.69) is 15.0 Å². The maximum Gasteiger partial charge on any atom is 0.265 e. The molecule has 1 unspecified atom stereocenters. The summed E-state index contributed by atoms with van der Waals surface area (Å²) in [7, 11) is 0. The maximum absolute atomic E-state index is 12.4. The van der Waals surface area contributed by atoms with Gasteiger partial charge in [-0.3, -0.25) is 9.78 Å². The molecule has 2 aromatic heterocycles. The molecule has 21 heavy (non-hydrogen) atoms. The van der Waals surface area contributed by atoms with E-state index in [1.165, 1.54) is 11.3 Å². The summed E-state index contributed by atoms with van der Waals surface area (Å²) in [4.78, 5) is 27.1. The van der Waals surface area contributed by atoms with Gasteiger partial charge in [-0.25, -0.2) is 9.97 Å². The second-order valence-corrected chi connectivity index (χ2v) is 5.63. The van der Waals surface area contributed by atoms with Crippen molar-refractivity contribution in [2.24, 2.45) is 0 Å². The van der Waals surface area contributed by atoms with Gasteiger partial charge in [0.05, 0.1) is 30.6 Å². The second-order valence-electron chi connectivity index (χ2n) is 4.74. The van der Waals surface area contributed by atoms with Gasteiger partial charge in [0.2, 0.25) is 0 Å². The molecular weight excluding hydrogens is 290 g/mol. The molecule has 1 aliphatic rings. The minimum Gasteiger partial charge on any atom is -0.384 e. The lowest BCUT2D eigenvalue weighted by Gasteiger charge is -2.32. The van der Waals surface area contributed by atoms with Crippen molar-refractivity contribution in [3.05, 3.63) is 34.2 Å². The smallest absolute Gasteiger partial charge is 0.265 e. The standard InChI is InChI=1S/C13H15N5O2S/c1-8-16-9(4-12(14)17-8)10-6-18(2-3-20-10)13(19)11-5-15-7-21-11/h4-5,7,10H,2-3,6H2,1H3,(H2,14,16,17). The quantitative estimate of drug-likeness (QED) is 0.891. The third kappa shape index (κ3) is 3.01. The Balaban J connectivity index is 1.78. The Morgan fingerprint density at radius 3 is 3.10 bits per heavy atom. The molecule has 2 aromatic rings. The lowest BCUT2D eigenvalue weighted by atomic mass is 10.2. The molecule has 0 aromatic carbocycles. The van der Waals surface area contributed by atoms with Crippen LogP contribution >= 0.6 is 11.3 Å². The van der Waals surface area contributed by atoms with E-state index in [1.807, 2.05) is 0 Å². The van der Waals surface area contributed by atoms with Crippen LogP contribution in [0, 0.1) is 6.92 Å². The van der Waals surface area contributed by atoms with Crippen molar-refractivity contribution in [1.82, 2.24) is 19.9 Å². The van der Waals surface area contributed by atoms with Gasteiger partial charge in [-0.1, -0.05) is 0 Å². The lowest BCUT2D eigenvalue weighted by Crippen LogP contribution is -2.42. The summed E-state index contributed by atoms with van der Waals surface area (Å²) in [6.45, 7) is 3.26. The summed E-state index contributed by atoms with van der Waals surface area (Å²) < 4.78 is 5.72. The van der Waals surface area contributed by atoms with Crippen LogP contribution in [0.1, 0.15) is 27.3 Å². The number of amides is 1. The predicted molar refractivity (Wildman–Crippen MR) is 77.9 cm³/mol. The van der Waals surface area contributed by atoms with Crippen molar-refractivity contribution >= 4 is 23.1 Å². The number of anilines is 1. The number of hydrogen-bond donors (Lipinski definition) is 1. The highest BCUT2D eigenvalue weighted by atomic mass is 32.1. The molecule has 110 valence electrons. The number of nitrogen functional groups attached to an aromatic ring is 1. The molecule has 7 nitrogen and oxygen atoms in total. The molecule has 3 rings (SSSR count). The van der Waals surface area contributed by atoms with Crippen LogP contribution in [-0.4, -0.2) is 45.5 Å². The minimum atomic E-state index is -0.278. The number of carbonyl (C=O) groups is 1. The highest BCUT2D eigenvalue weighted by molar-refractivity contribution is 7.11. The first-order valence-corrected chi connectivity index (χ1v) is 7.42. The van der Waals surface area contributed by atoms with Crippen molar-refractivity contribution in [2.45, 2.75) is 13.0 Å². The number of morpholine rings is 1. The molecule has 8 heteroatoms. The summed E-state index contributed by atoms with van der Waals surface area (Å²) in [5.41, 5.74) is 8.11. The number of aromatic nitrogens is 3. The third-order valence-corrected chi connectivity index (χ3v) is 3.97. The van der Waals surface area contributed by atoms with E-state index in [9.17, 15) is 4.79 Å². The van der Waals surface area contributed by atoms with Gasteiger partial charge < -0.3 is 15.4 Å². The molecule has 1 amide bonds. The van der Waals surface area contributed by atoms with E-state index >= 15 is 0 Å². The highest BCUT2D eigenvalue weighted by Crippen LogP contribution is 2.23. The first kappa shape index (κ1) is 13.9. The zero-order valence-corrected chi connectivity index (χ0v) is 12.3. The van der Waals surface area contributed by atoms with Crippen LogP contribution in [0.5, 0.6) is 0 Å². The topological polar surface area (TPSA) is 94.2 Å². The molecule has 0 bridgehead atoms. The van der Waals surface area contributed by atoms with Crippen LogP contribution < -0.4 is 5.73 Å². The molecule has 3 heterocycles. The fourth-order valence-electron chi connectivity index (χ4n) is 2.27. The monoisotopic (exact) mass is 305 g/mol. The van der Waals surface area contributed by atoms with Crippen LogP contribution in [-0.2, 0) is 4.74 Å². The van der Waals surface area contributed by atoms with Crippen molar-refractivity contribution in [3.63, 3.8) is 0 Å². The van der Waals surface area contributed by atoms with Crippen molar-refractivity contribution in [1.29, 1.82) is 0 Å². The molecule has 1 saturated heterocycles. The van der Waals surface area contributed by atoms with Gasteiger partial charge in [0.25, 0.3) is 5.91 Å². The van der Waals surface area contributed by atoms with Gasteiger partial charge in [0.15, 0.2) is 0 Å². The van der Waals surface area contributed by atoms with Crippen molar-refractivity contribution in [2.75, 3.05) is 25.4 Å². The van der Waals surface area contributed by atoms with Crippen LogP contribution in [0.2, 0.25) is 0 Å². The van der Waals surface area contributed by atoms with E-state index in [1.54, 1.807) is 29.6 Å². The van der Waals surface area contributed by atoms with Crippen molar-refractivity contribution in [3.8, 4) is 0 Å². The number of carbonyl (C=O) groups excluding carboxylic acids is 1. The molecule has 2 N–H and O–H groups in total. The Morgan fingerprint density at radius 2 is 2.38 bits per heavy atom. The number of nitrogens with zero attached hydrogens (tertiary/aromatic N) is 4. The fraction of sp³-hybridized carbons (Fsp3) is 0.385. The van der Waals surface area contributed by atoms with Crippen LogP contribution in [0.15, 0.2) is 17.8 Å². The minimum absolute atomic E-state index is 0.0236. The Labute approximate surface area is 125 Å². The summed E-state index contributed by atoms with van der Waals surface area (Å²) in [6, 6.07) is 1.69. The molecule has 1 aliphatic heterocycles. The Bertz CT molecular complexity index is 626. The lowest BCUT2D eigenvalue weighted by molar-refractivity contribution is -0.0246. The molecule has 0 aliphatic carbocycles. The number of thiazole rings is 1. The molecule has 1 fully saturated rings. The van der Waals surface area contributed by atoms with E-state index < -0.39 is 0 Å². The zero-order chi connectivity index (χ0) is 14.8. The molecular formula is C13H15N5O2S. The van der Waals surface area contributed by atoms with Gasteiger partial charge in [-0.05, 0) is 6.92 Å².